The van der Waals surface area contributed by atoms with E-state index in [1.807, 2.05) is 24.3 Å². The van der Waals surface area contributed by atoms with E-state index in [1.54, 1.807) is 17.9 Å². The Morgan fingerprint density at radius 3 is 2.42 bits per heavy atom. The van der Waals surface area contributed by atoms with Gasteiger partial charge in [0, 0.05) is 12.2 Å². The average Bonchev–Trinajstić information content (AvgIpc) is 2.83. The second-order valence-electron chi connectivity index (χ2n) is 5.92. The zero-order valence-electron chi connectivity index (χ0n) is 14.9. The molecule has 0 bridgehead atoms. The van der Waals surface area contributed by atoms with Crippen LogP contribution in [0.4, 0.5) is 0 Å². The smallest absolute Gasteiger partial charge is 0.340 e. The van der Waals surface area contributed by atoms with Crippen LogP contribution in [-0.2, 0) is 20.7 Å². The number of hydrogen-bond donors (Lipinski definition) is 0. The molecule has 24 heavy (non-hydrogen) atoms. The standard InChI is InChI=1S/C20H25NO3/c1-5-7-12-21-14(3)18(20(23)24-4)17(19(21)22)13-16-10-8-15(6-2)9-11-16/h8-11,13H,5-7,12H2,1-4H3/b17-13-. The Morgan fingerprint density at radius 2 is 1.88 bits per heavy atom. The third-order valence-electron chi connectivity index (χ3n) is 4.34. The van der Waals surface area contributed by atoms with Crippen molar-refractivity contribution >= 4 is 18.0 Å². The van der Waals surface area contributed by atoms with Gasteiger partial charge in [0.1, 0.15) is 0 Å². The van der Waals surface area contributed by atoms with Crippen molar-refractivity contribution in [3.63, 3.8) is 0 Å². The van der Waals surface area contributed by atoms with E-state index in [0.29, 0.717) is 23.4 Å². The number of nitrogens with zero attached hydrogens (tertiary/aromatic N) is 1. The summed E-state index contributed by atoms with van der Waals surface area (Å²) in [5.41, 5.74) is 3.61. The quantitative estimate of drug-likeness (QED) is 0.591. The SMILES string of the molecule is CCCCN1C(=O)/C(=C\c2ccc(CC)cc2)C(C(=O)OC)=C1C. The van der Waals surface area contributed by atoms with Gasteiger partial charge in [0.05, 0.1) is 18.3 Å². The van der Waals surface area contributed by atoms with Crippen LogP contribution in [0.2, 0.25) is 0 Å². The topological polar surface area (TPSA) is 46.6 Å². The second kappa shape index (κ2) is 7.95. The van der Waals surface area contributed by atoms with Crippen LogP contribution in [0.15, 0.2) is 41.1 Å². The molecular weight excluding hydrogens is 302 g/mol. The molecular formula is C20H25NO3. The van der Waals surface area contributed by atoms with Gasteiger partial charge in [-0.25, -0.2) is 4.79 Å². The summed E-state index contributed by atoms with van der Waals surface area (Å²) in [4.78, 5) is 26.7. The second-order valence-corrected chi connectivity index (χ2v) is 5.92. The van der Waals surface area contributed by atoms with Crippen molar-refractivity contribution in [3.8, 4) is 0 Å². The van der Waals surface area contributed by atoms with Gasteiger partial charge in [-0.15, -0.1) is 0 Å². The predicted molar refractivity (Wildman–Crippen MR) is 95.1 cm³/mol. The molecule has 2 rings (SSSR count). The number of benzene rings is 1. The largest absolute Gasteiger partial charge is 0.465 e. The molecule has 1 amide bonds. The molecule has 0 saturated heterocycles. The third kappa shape index (κ3) is 3.58. The number of amides is 1. The maximum atomic E-state index is 12.8. The minimum atomic E-state index is -0.462. The molecule has 0 spiro atoms. The number of allylic oxidation sites excluding steroid dienone is 1. The molecule has 0 radical (unpaired) electrons. The molecule has 4 nitrogen and oxygen atoms in total. The molecule has 1 aliphatic rings. The van der Waals surface area contributed by atoms with E-state index >= 15 is 0 Å². The first kappa shape index (κ1) is 18.0. The third-order valence-corrected chi connectivity index (χ3v) is 4.34. The van der Waals surface area contributed by atoms with Crippen molar-refractivity contribution < 1.29 is 14.3 Å². The number of esters is 1. The first-order valence-electron chi connectivity index (χ1n) is 8.45. The maximum Gasteiger partial charge on any atom is 0.340 e. The van der Waals surface area contributed by atoms with E-state index < -0.39 is 5.97 Å². The number of carbonyl (C=O) groups excluding carboxylic acids is 2. The van der Waals surface area contributed by atoms with Gasteiger partial charge in [0.2, 0.25) is 0 Å². The van der Waals surface area contributed by atoms with Gasteiger partial charge in [0.25, 0.3) is 5.91 Å². The molecule has 128 valence electrons. The molecule has 0 aromatic heterocycles. The minimum absolute atomic E-state index is 0.124. The van der Waals surface area contributed by atoms with E-state index in [-0.39, 0.29) is 5.91 Å². The zero-order valence-corrected chi connectivity index (χ0v) is 14.9. The molecule has 4 heteroatoms. The van der Waals surface area contributed by atoms with E-state index in [9.17, 15) is 9.59 Å². The van der Waals surface area contributed by atoms with E-state index in [2.05, 4.69) is 13.8 Å². The number of carbonyl (C=O) groups is 2. The number of methoxy groups -OCH3 is 1. The molecule has 1 aliphatic heterocycles. The van der Waals surface area contributed by atoms with Crippen molar-refractivity contribution in [1.29, 1.82) is 0 Å². The highest BCUT2D eigenvalue weighted by Gasteiger charge is 2.36. The van der Waals surface area contributed by atoms with Gasteiger partial charge in [-0.2, -0.15) is 0 Å². The van der Waals surface area contributed by atoms with Crippen LogP contribution in [0.25, 0.3) is 6.08 Å². The Balaban J connectivity index is 2.43. The summed E-state index contributed by atoms with van der Waals surface area (Å²) in [5, 5.41) is 0. The van der Waals surface area contributed by atoms with Gasteiger partial charge >= 0.3 is 5.97 Å². The van der Waals surface area contributed by atoms with Crippen molar-refractivity contribution in [2.24, 2.45) is 0 Å². The Morgan fingerprint density at radius 1 is 1.21 bits per heavy atom. The normalized spacial score (nSPS) is 16.2. The highest BCUT2D eigenvalue weighted by molar-refractivity contribution is 6.16. The summed E-state index contributed by atoms with van der Waals surface area (Å²) in [7, 11) is 1.34. The van der Waals surface area contributed by atoms with Gasteiger partial charge < -0.3 is 9.64 Å². The zero-order chi connectivity index (χ0) is 17.7. The minimum Gasteiger partial charge on any atom is -0.465 e. The van der Waals surface area contributed by atoms with Crippen molar-refractivity contribution in [1.82, 2.24) is 4.90 Å². The van der Waals surface area contributed by atoms with Crippen LogP contribution in [0.1, 0.15) is 44.7 Å². The van der Waals surface area contributed by atoms with E-state index in [0.717, 1.165) is 24.8 Å². The van der Waals surface area contributed by atoms with Crippen LogP contribution in [0.5, 0.6) is 0 Å². The Hall–Kier alpha value is -2.36. The molecule has 0 fully saturated rings. The van der Waals surface area contributed by atoms with Crippen molar-refractivity contribution in [2.75, 3.05) is 13.7 Å². The molecule has 1 aromatic carbocycles. The number of ether oxygens (including phenoxy) is 1. The summed E-state index contributed by atoms with van der Waals surface area (Å²) >= 11 is 0. The molecule has 0 unspecified atom stereocenters. The molecule has 0 saturated carbocycles. The van der Waals surface area contributed by atoms with Crippen LogP contribution < -0.4 is 0 Å². The van der Waals surface area contributed by atoms with Crippen LogP contribution in [-0.4, -0.2) is 30.4 Å². The number of hydrogen-bond acceptors (Lipinski definition) is 3. The molecule has 1 aromatic rings. The lowest BCUT2D eigenvalue weighted by molar-refractivity contribution is -0.136. The van der Waals surface area contributed by atoms with Gasteiger partial charge in [-0.3, -0.25) is 4.79 Å². The molecule has 0 N–H and O–H groups in total. The van der Waals surface area contributed by atoms with E-state index in [1.165, 1.54) is 12.7 Å². The Labute approximate surface area is 143 Å². The number of rotatable bonds is 6. The average molecular weight is 327 g/mol. The highest BCUT2D eigenvalue weighted by atomic mass is 16.5. The van der Waals surface area contributed by atoms with Gasteiger partial charge in [-0.1, -0.05) is 44.5 Å². The Bertz CT molecular complexity index is 683. The number of unbranched alkanes of at least 4 members (excludes halogenated alkanes) is 1. The van der Waals surface area contributed by atoms with Gasteiger partial charge in [0.15, 0.2) is 0 Å². The summed E-state index contributed by atoms with van der Waals surface area (Å²) in [6, 6.07) is 8.01. The first-order chi connectivity index (χ1) is 11.5. The van der Waals surface area contributed by atoms with Crippen LogP contribution in [0.3, 0.4) is 0 Å². The van der Waals surface area contributed by atoms with Crippen molar-refractivity contribution in [3.05, 3.63) is 52.2 Å². The van der Waals surface area contributed by atoms with Crippen LogP contribution in [0, 0.1) is 0 Å². The lowest BCUT2D eigenvalue weighted by Crippen LogP contribution is -2.26. The highest BCUT2D eigenvalue weighted by Crippen LogP contribution is 2.31. The molecule has 0 atom stereocenters. The summed E-state index contributed by atoms with van der Waals surface area (Å²) in [5.74, 6) is -0.586. The van der Waals surface area contributed by atoms with Crippen molar-refractivity contribution in [2.45, 2.75) is 40.0 Å². The number of aryl methyl sites for hydroxylation is 1. The van der Waals surface area contributed by atoms with E-state index in [4.69, 9.17) is 4.74 Å². The summed E-state index contributed by atoms with van der Waals surface area (Å²) in [6.45, 7) is 6.60. The van der Waals surface area contributed by atoms with Crippen LogP contribution >= 0.6 is 0 Å². The first-order valence-corrected chi connectivity index (χ1v) is 8.45. The van der Waals surface area contributed by atoms with Gasteiger partial charge in [-0.05, 0) is 37.0 Å². The molecule has 1 heterocycles. The maximum absolute atomic E-state index is 12.8. The fourth-order valence-electron chi connectivity index (χ4n) is 2.83. The fourth-order valence-corrected chi connectivity index (χ4v) is 2.83. The lowest BCUT2D eigenvalue weighted by atomic mass is 10.0. The summed E-state index contributed by atoms with van der Waals surface area (Å²) in [6.07, 6.45) is 4.63. The molecule has 0 aliphatic carbocycles. The fraction of sp³-hybridized carbons (Fsp3) is 0.400. The predicted octanol–water partition coefficient (Wildman–Crippen LogP) is 3.72. The monoisotopic (exact) mass is 327 g/mol. The Kier molecular flexibility index (Phi) is 5.96. The lowest BCUT2D eigenvalue weighted by Gasteiger charge is -2.17. The summed E-state index contributed by atoms with van der Waals surface area (Å²) < 4.78 is 4.89.